The molecule has 2 N–H and O–H groups in total. The number of aryl methyl sites for hydroxylation is 1. The van der Waals surface area contributed by atoms with Crippen molar-refractivity contribution < 1.29 is 8.42 Å². The molecule has 0 amide bonds. The number of halogens is 1. The SMILES string of the molecule is CCc1ccc(S(=O)(=O)c2n[nH]nc2Nc2ccc(Cl)cc2)cc1. The number of hydrogen-bond acceptors (Lipinski definition) is 5. The lowest BCUT2D eigenvalue weighted by atomic mass is 10.2. The van der Waals surface area contributed by atoms with Crippen LogP contribution in [0.3, 0.4) is 0 Å². The average molecular weight is 363 g/mol. The summed E-state index contributed by atoms with van der Waals surface area (Å²) < 4.78 is 25.6. The van der Waals surface area contributed by atoms with Gasteiger partial charge in [-0.15, -0.1) is 10.2 Å². The van der Waals surface area contributed by atoms with E-state index in [9.17, 15) is 8.42 Å². The Morgan fingerprint density at radius 1 is 1.04 bits per heavy atom. The number of H-pyrrole nitrogens is 1. The van der Waals surface area contributed by atoms with Gasteiger partial charge in [0.15, 0.2) is 5.82 Å². The standard InChI is InChI=1S/C16H15ClN4O2S/c1-2-11-3-9-14(10-4-11)24(22,23)16-15(19-21-20-16)18-13-7-5-12(17)6-8-13/h3-10H,2H2,1H3,(H2,18,19,20,21). The third-order valence-electron chi connectivity index (χ3n) is 3.52. The predicted molar refractivity (Wildman–Crippen MR) is 92.4 cm³/mol. The highest BCUT2D eigenvalue weighted by Gasteiger charge is 2.25. The van der Waals surface area contributed by atoms with Gasteiger partial charge in [-0.05, 0) is 48.4 Å². The molecule has 1 aromatic heterocycles. The van der Waals surface area contributed by atoms with Gasteiger partial charge in [0, 0.05) is 10.7 Å². The summed E-state index contributed by atoms with van der Waals surface area (Å²) in [6.45, 7) is 2.01. The van der Waals surface area contributed by atoms with Crippen LogP contribution in [0.5, 0.6) is 0 Å². The molecule has 0 bridgehead atoms. The zero-order chi connectivity index (χ0) is 17.2. The van der Waals surface area contributed by atoms with E-state index < -0.39 is 9.84 Å². The van der Waals surface area contributed by atoms with Gasteiger partial charge in [0.2, 0.25) is 14.9 Å². The molecule has 24 heavy (non-hydrogen) atoms. The third-order valence-corrected chi connectivity index (χ3v) is 5.46. The number of aromatic amines is 1. The minimum atomic E-state index is -3.77. The van der Waals surface area contributed by atoms with Crippen LogP contribution in [0.1, 0.15) is 12.5 Å². The second-order valence-corrected chi connectivity index (χ2v) is 7.41. The Morgan fingerprint density at radius 2 is 1.71 bits per heavy atom. The number of aromatic nitrogens is 3. The van der Waals surface area contributed by atoms with E-state index >= 15 is 0 Å². The van der Waals surface area contributed by atoms with Crippen molar-refractivity contribution in [2.24, 2.45) is 0 Å². The van der Waals surface area contributed by atoms with Crippen LogP contribution in [-0.4, -0.2) is 23.8 Å². The lowest BCUT2D eigenvalue weighted by Crippen LogP contribution is -2.06. The Bertz CT molecular complexity index is 935. The molecule has 1 heterocycles. The molecule has 3 aromatic rings. The smallest absolute Gasteiger partial charge is 0.229 e. The van der Waals surface area contributed by atoms with E-state index in [-0.39, 0.29) is 15.7 Å². The first kappa shape index (κ1) is 16.5. The van der Waals surface area contributed by atoms with Gasteiger partial charge in [-0.25, -0.2) is 8.42 Å². The molecule has 0 aliphatic carbocycles. The second-order valence-electron chi connectivity index (χ2n) is 5.11. The van der Waals surface area contributed by atoms with Crippen molar-refractivity contribution in [1.29, 1.82) is 0 Å². The molecule has 2 aromatic carbocycles. The monoisotopic (exact) mass is 362 g/mol. The fourth-order valence-electron chi connectivity index (χ4n) is 2.18. The lowest BCUT2D eigenvalue weighted by molar-refractivity contribution is 0.592. The Labute approximate surface area is 144 Å². The van der Waals surface area contributed by atoms with Crippen LogP contribution in [0.25, 0.3) is 0 Å². The maximum Gasteiger partial charge on any atom is 0.229 e. The molecule has 0 fully saturated rings. The zero-order valence-corrected chi connectivity index (χ0v) is 14.4. The number of sulfone groups is 1. The Balaban J connectivity index is 1.94. The maximum absolute atomic E-state index is 12.8. The summed E-state index contributed by atoms with van der Waals surface area (Å²) in [4.78, 5) is 0.174. The number of anilines is 2. The highest BCUT2D eigenvalue weighted by atomic mass is 35.5. The Hall–Kier alpha value is -2.38. The van der Waals surface area contributed by atoms with E-state index in [1.54, 1.807) is 48.5 Å². The second kappa shape index (κ2) is 6.62. The molecule has 6 nitrogen and oxygen atoms in total. The fourth-order valence-corrected chi connectivity index (χ4v) is 3.53. The molecule has 0 unspecified atom stereocenters. The van der Waals surface area contributed by atoms with Crippen LogP contribution in [0.2, 0.25) is 5.02 Å². The summed E-state index contributed by atoms with van der Waals surface area (Å²) in [5, 5.41) is 13.4. The van der Waals surface area contributed by atoms with Gasteiger partial charge in [-0.2, -0.15) is 5.21 Å². The summed E-state index contributed by atoms with van der Waals surface area (Å²) in [5.41, 5.74) is 1.72. The molecule has 8 heteroatoms. The number of benzene rings is 2. The zero-order valence-electron chi connectivity index (χ0n) is 12.8. The van der Waals surface area contributed by atoms with Gasteiger partial charge in [0.1, 0.15) is 0 Å². The Kier molecular flexibility index (Phi) is 4.55. The van der Waals surface area contributed by atoms with E-state index in [0.29, 0.717) is 10.7 Å². The average Bonchev–Trinajstić information content (AvgIpc) is 3.06. The minimum absolute atomic E-state index is 0.136. The highest BCUT2D eigenvalue weighted by molar-refractivity contribution is 7.91. The summed E-state index contributed by atoms with van der Waals surface area (Å²) in [6.07, 6.45) is 0.841. The predicted octanol–water partition coefficient (Wildman–Crippen LogP) is 3.60. The highest BCUT2D eigenvalue weighted by Crippen LogP contribution is 2.27. The molecule has 124 valence electrons. The van der Waals surface area contributed by atoms with Crippen molar-refractivity contribution in [1.82, 2.24) is 15.4 Å². The largest absolute Gasteiger partial charge is 0.336 e. The number of hydrogen-bond donors (Lipinski definition) is 2. The first-order chi connectivity index (χ1) is 11.5. The first-order valence-corrected chi connectivity index (χ1v) is 9.14. The number of nitrogens with zero attached hydrogens (tertiary/aromatic N) is 2. The lowest BCUT2D eigenvalue weighted by Gasteiger charge is -2.06. The van der Waals surface area contributed by atoms with E-state index in [4.69, 9.17) is 11.6 Å². The molecule has 0 saturated carbocycles. The molecule has 3 rings (SSSR count). The van der Waals surface area contributed by atoms with E-state index in [1.165, 1.54) is 0 Å². The number of rotatable bonds is 5. The van der Waals surface area contributed by atoms with E-state index in [2.05, 4.69) is 20.7 Å². The van der Waals surface area contributed by atoms with Gasteiger partial charge < -0.3 is 5.32 Å². The molecule has 0 atom stereocenters. The topological polar surface area (TPSA) is 87.7 Å². The van der Waals surface area contributed by atoms with Crippen molar-refractivity contribution in [3.63, 3.8) is 0 Å². The van der Waals surface area contributed by atoms with Crippen LogP contribution in [0, 0.1) is 0 Å². The summed E-state index contributed by atoms with van der Waals surface area (Å²) in [5.74, 6) is 0.136. The van der Waals surface area contributed by atoms with Crippen molar-refractivity contribution >= 4 is 32.9 Å². The van der Waals surface area contributed by atoms with Crippen molar-refractivity contribution in [3.05, 3.63) is 59.1 Å². The maximum atomic E-state index is 12.8. The normalized spacial score (nSPS) is 11.4. The molecular weight excluding hydrogens is 348 g/mol. The van der Waals surface area contributed by atoms with Crippen molar-refractivity contribution in [2.45, 2.75) is 23.3 Å². The van der Waals surface area contributed by atoms with Crippen LogP contribution < -0.4 is 5.32 Å². The van der Waals surface area contributed by atoms with Gasteiger partial charge in [-0.1, -0.05) is 30.7 Å². The van der Waals surface area contributed by atoms with Crippen LogP contribution in [0.15, 0.2) is 58.5 Å². The van der Waals surface area contributed by atoms with Crippen molar-refractivity contribution in [2.75, 3.05) is 5.32 Å². The molecule has 0 saturated heterocycles. The third kappa shape index (κ3) is 3.27. The summed E-state index contributed by atoms with van der Waals surface area (Å²) in [7, 11) is -3.77. The van der Waals surface area contributed by atoms with Gasteiger partial charge in [0.05, 0.1) is 4.90 Å². The summed E-state index contributed by atoms with van der Waals surface area (Å²) >= 11 is 5.84. The summed E-state index contributed by atoms with van der Waals surface area (Å²) in [6, 6.07) is 13.6. The molecular formula is C16H15ClN4O2S. The number of nitrogens with one attached hydrogen (secondary N) is 2. The molecule has 0 aliphatic heterocycles. The van der Waals surface area contributed by atoms with Gasteiger partial charge in [-0.3, -0.25) is 0 Å². The molecule has 0 radical (unpaired) electrons. The Morgan fingerprint density at radius 3 is 2.33 bits per heavy atom. The van der Waals surface area contributed by atoms with E-state index in [0.717, 1.165) is 12.0 Å². The molecule has 0 spiro atoms. The van der Waals surface area contributed by atoms with Gasteiger partial charge in [0.25, 0.3) is 0 Å². The molecule has 0 aliphatic rings. The minimum Gasteiger partial charge on any atom is -0.336 e. The van der Waals surface area contributed by atoms with Gasteiger partial charge >= 0.3 is 0 Å². The van der Waals surface area contributed by atoms with Crippen molar-refractivity contribution in [3.8, 4) is 0 Å². The first-order valence-electron chi connectivity index (χ1n) is 7.28. The van der Waals surface area contributed by atoms with Crippen LogP contribution >= 0.6 is 11.6 Å². The fraction of sp³-hybridized carbons (Fsp3) is 0.125. The van der Waals surface area contributed by atoms with Crippen LogP contribution in [0.4, 0.5) is 11.5 Å². The van der Waals surface area contributed by atoms with E-state index in [1.807, 2.05) is 6.92 Å². The van der Waals surface area contributed by atoms with Crippen LogP contribution in [-0.2, 0) is 16.3 Å². The quantitative estimate of drug-likeness (QED) is 0.724.